The summed E-state index contributed by atoms with van der Waals surface area (Å²) in [5, 5.41) is 12.6. The van der Waals surface area contributed by atoms with Crippen molar-refractivity contribution < 1.29 is 27.8 Å². The molecule has 2 N–H and O–H groups in total. The third kappa shape index (κ3) is 6.82. The number of imidazole rings is 1. The molecule has 4 rings (SSSR count). The van der Waals surface area contributed by atoms with Crippen molar-refractivity contribution in [3.63, 3.8) is 0 Å². The molecule has 1 atom stereocenters. The highest BCUT2D eigenvalue weighted by molar-refractivity contribution is 5.77. The summed E-state index contributed by atoms with van der Waals surface area (Å²) in [4.78, 5) is 21.6. The first-order chi connectivity index (χ1) is 17.3. The van der Waals surface area contributed by atoms with Crippen molar-refractivity contribution in [2.45, 2.75) is 38.2 Å². The van der Waals surface area contributed by atoms with Gasteiger partial charge in [0.25, 0.3) is 0 Å². The van der Waals surface area contributed by atoms with E-state index in [4.69, 9.17) is 0 Å². The van der Waals surface area contributed by atoms with E-state index < -0.39 is 12.4 Å². The molecule has 7 nitrogen and oxygen atoms in total. The van der Waals surface area contributed by atoms with Gasteiger partial charge in [0.2, 0.25) is 5.91 Å². The van der Waals surface area contributed by atoms with Gasteiger partial charge in [-0.05, 0) is 41.8 Å². The number of carbonyl (C=O) groups excluding carboxylic acids is 1. The highest BCUT2D eigenvalue weighted by Crippen LogP contribution is 2.24. The number of aromatic nitrogens is 3. The lowest BCUT2D eigenvalue weighted by Crippen LogP contribution is -2.39. The Morgan fingerprint density at radius 1 is 1.03 bits per heavy atom. The van der Waals surface area contributed by atoms with Crippen LogP contribution in [0.4, 0.5) is 13.2 Å². The van der Waals surface area contributed by atoms with Gasteiger partial charge in [-0.15, -0.1) is 13.2 Å². The Hall–Kier alpha value is -3.92. The Labute approximate surface area is 205 Å². The maximum Gasteiger partial charge on any atom is 0.573 e. The molecule has 188 valence electrons. The Morgan fingerprint density at radius 2 is 1.78 bits per heavy atom. The van der Waals surface area contributed by atoms with E-state index in [1.807, 2.05) is 41.0 Å². The van der Waals surface area contributed by atoms with Gasteiger partial charge in [0.15, 0.2) is 5.65 Å². The maximum atomic E-state index is 12.6. The van der Waals surface area contributed by atoms with Crippen LogP contribution in [-0.2, 0) is 24.2 Å². The number of aliphatic hydroxyl groups is 1. The summed E-state index contributed by atoms with van der Waals surface area (Å²) in [6.07, 6.45) is -2.14. The van der Waals surface area contributed by atoms with Gasteiger partial charge in [-0.3, -0.25) is 4.79 Å². The molecule has 36 heavy (non-hydrogen) atoms. The summed E-state index contributed by atoms with van der Waals surface area (Å²) in [6.45, 7) is 0.126. The molecule has 2 heterocycles. The quantitative estimate of drug-likeness (QED) is 0.345. The molecule has 0 aliphatic rings. The van der Waals surface area contributed by atoms with Gasteiger partial charge < -0.3 is 19.7 Å². The summed E-state index contributed by atoms with van der Waals surface area (Å²) in [5.41, 5.74) is 3.00. The number of fused-ring (bicyclic) bond motifs is 1. The van der Waals surface area contributed by atoms with Crippen LogP contribution in [0.15, 0.2) is 72.9 Å². The van der Waals surface area contributed by atoms with Crippen LogP contribution in [0.1, 0.15) is 23.4 Å². The van der Waals surface area contributed by atoms with Crippen LogP contribution in [0.25, 0.3) is 11.2 Å². The summed E-state index contributed by atoms with van der Waals surface area (Å²) >= 11 is 0. The van der Waals surface area contributed by atoms with Crippen LogP contribution in [-0.4, -0.2) is 44.6 Å². The number of aryl methyl sites for hydroxylation is 1. The Bertz CT molecular complexity index is 1290. The monoisotopic (exact) mass is 498 g/mol. The van der Waals surface area contributed by atoms with E-state index >= 15 is 0 Å². The predicted octanol–water partition coefficient (Wildman–Crippen LogP) is 4.03. The zero-order chi connectivity index (χ0) is 25.5. The van der Waals surface area contributed by atoms with E-state index in [0.717, 1.165) is 11.1 Å². The van der Waals surface area contributed by atoms with Crippen LogP contribution in [0.3, 0.4) is 0 Å². The highest BCUT2D eigenvalue weighted by Gasteiger charge is 2.31. The fourth-order valence-electron chi connectivity index (χ4n) is 3.93. The maximum absolute atomic E-state index is 12.6. The lowest BCUT2D eigenvalue weighted by Gasteiger charge is -2.16. The number of carbonyl (C=O) groups is 1. The molecule has 1 amide bonds. The molecule has 0 saturated carbocycles. The van der Waals surface area contributed by atoms with Crippen molar-refractivity contribution in [2.75, 3.05) is 6.61 Å². The molecule has 0 fully saturated rings. The SMILES string of the molecule is O=C(CCc1nc2cccnc2n1Cc1ccc(OC(F)(F)F)cc1)N[C@@H](CO)Cc1ccccc1. The topological polar surface area (TPSA) is 89.3 Å². The minimum atomic E-state index is -4.75. The molecule has 0 bridgehead atoms. The summed E-state index contributed by atoms with van der Waals surface area (Å²) in [7, 11) is 0. The number of amides is 1. The standard InChI is InChI=1S/C26H25F3N4O3/c27-26(28,29)36-21-10-8-19(9-11-21)16-33-23(32-22-7-4-14-30-25(22)33)12-13-24(35)31-20(17-34)15-18-5-2-1-3-6-18/h1-11,14,20,34H,12-13,15-17H2,(H,31,35)/t20-/m1/s1. The zero-order valence-corrected chi connectivity index (χ0v) is 19.3. The van der Waals surface area contributed by atoms with E-state index in [1.54, 1.807) is 24.4 Å². The number of aliphatic hydroxyl groups excluding tert-OH is 1. The van der Waals surface area contributed by atoms with Crippen molar-refractivity contribution >= 4 is 17.1 Å². The van der Waals surface area contributed by atoms with Gasteiger partial charge in [-0.2, -0.15) is 0 Å². The number of hydrogen-bond donors (Lipinski definition) is 2. The molecular weight excluding hydrogens is 473 g/mol. The van der Waals surface area contributed by atoms with Crippen molar-refractivity contribution in [3.8, 4) is 5.75 Å². The molecular formula is C26H25F3N4O3. The molecule has 2 aromatic heterocycles. The molecule has 4 aromatic rings. The number of ether oxygens (including phenoxy) is 1. The molecule has 0 aliphatic heterocycles. The minimum absolute atomic E-state index is 0.146. The largest absolute Gasteiger partial charge is 0.573 e. The second kappa shape index (κ2) is 11.2. The van der Waals surface area contributed by atoms with E-state index in [-0.39, 0.29) is 24.7 Å². The number of nitrogens with zero attached hydrogens (tertiary/aromatic N) is 3. The van der Waals surface area contributed by atoms with Crippen LogP contribution in [0.5, 0.6) is 5.75 Å². The van der Waals surface area contributed by atoms with Gasteiger partial charge in [0.1, 0.15) is 17.1 Å². The molecule has 2 aromatic carbocycles. The average Bonchev–Trinajstić information content (AvgIpc) is 3.20. The number of alkyl halides is 3. The third-order valence-electron chi connectivity index (χ3n) is 5.57. The predicted molar refractivity (Wildman–Crippen MR) is 127 cm³/mol. The number of rotatable bonds is 10. The normalized spacial score (nSPS) is 12.4. The highest BCUT2D eigenvalue weighted by atomic mass is 19.4. The second-order valence-corrected chi connectivity index (χ2v) is 8.29. The Kier molecular flexibility index (Phi) is 7.84. The van der Waals surface area contributed by atoms with Gasteiger partial charge in [0.05, 0.1) is 19.2 Å². The number of benzene rings is 2. The van der Waals surface area contributed by atoms with Crippen molar-refractivity contribution in [2.24, 2.45) is 0 Å². The molecule has 0 unspecified atom stereocenters. The fourth-order valence-corrected chi connectivity index (χ4v) is 3.93. The van der Waals surface area contributed by atoms with Crippen molar-refractivity contribution in [1.29, 1.82) is 0 Å². The van der Waals surface area contributed by atoms with E-state index in [1.165, 1.54) is 12.1 Å². The van der Waals surface area contributed by atoms with Crippen molar-refractivity contribution in [1.82, 2.24) is 19.9 Å². The lowest BCUT2D eigenvalue weighted by atomic mass is 10.1. The smallest absolute Gasteiger partial charge is 0.406 e. The Morgan fingerprint density at radius 3 is 2.47 bits per heavy atom. The Balaban J connectivity index is 1.44. The van der Waals surface area contributed by atoms with E-state index in [9.17, 15) is 23.1 Å². The average molecular weight is 499 g/mol. The lowest BCUT2D eigenvalue weighted by molar-refractivity contribution is -0.274. The van der Waals surface area contributed by atoms with Gasteiger partial charge in [0, 0.05) is 19.0 Å². The minimum Gasteiger partial charge on any atom is -0.406 e. The van der Waals surface area contributed by atoms with Crippen LogP contribution < -0.4 is 10.1 Å². The summed E-state index contributed by atoms with van der Waals surface area (Å²) in [6, 6.07) is 18.3. The van der Waals surface area contributed by atoms with E-state index in [0.29, 0.717) is 36.4 Å². The van der Waals surface area contributed by atoms with Crippen LogP contribution in [0.2, 0.25) is 0 Å². The second-order valence-electron chi connectivity index (χ2n) is 8.29. The summed E-state index contributed by atoms with van der Waals surface area (Å²) < 4.78 is 43.1. The number of halogens is 3. The molecule has 0 radical (unpaired) electrons. The van der Waals surface area contributed by atoms with Gasteiger partial charge >= 0.3 is 6.36 Å². The zero-order valence-electron chi connectivity index (χ0n) is 19.3. The first-order valence-corrected chi connectivity index (χ1v) is 11.4. The molecule has 10 heteroatoms. The van der Waals surface area contributed by atoms with E-state index in [2.05, 4.69) is 20.0 Å². The first-order valence-electron chi connectivity index (χ1n) is 11.4. The van der Waals surface area contributed by atoms with Crippen molar-refractivity contribution in [3.05, 3.63) is 89.9 Å². The first kappa shape index (κ1) is 25.2. The molecule has 0 aliphatic carbocycles. The fraction of sp³-hybridized carbons (Fsp3) is 0.269. The third-order valence-corrected chi connectivity index (χ3v) is 5.57. The number of pyridine rings is 1. The van der Waals surface area contributed by atoms with Gasteiger partial charge in [-0.25, -0.2) is 9.97 Å². The number of nitrogens with one attached hydrogen (secondary N) is 1. The summed E-state index contributed by atoms with van der Waals surface area (Å²) in [5.74, 6) is 0.106. The van der Waals surface area contributed by atoms with Crippen LogP contribution >= 0.6 is 0 Å². The molecule has 0 saturated heterocycles. The van der Waals surface area contributed by atoms with Crippen LogP contribution in [0, 0.1) is 0 Å². The van der Waals surface area contributed by atoms with Gasteiger partial charge in [-0.1, -0.05) is 42.5 Å². The number of hydrogen-bond acceptors (Lipinski definition) is 5. The molecule has 0 spiro atoms.